The molecular weight excluding hydrogens is 256 g/mol. The molecule has 0 unspecified atom stereocenters. The summed E-state index contributed by atoms with van der Waals surface area (Å²) in [5, 5.41) is 0. The molecule has 0 saturated heterocycles. The van der Waals surface area contributed by atoms with Gasteiger partial charge in [-0.3, -0.25) is 0 Å². The molecule has 0 spiro atoms. The minimum absolute atomic E-state index is 0.500. The van der Waals surface area contributed by atoms with Gasteiger partial charge in [0.1, 0.15) is 11.6 Å². The van der Waals surface area contributed by atoms with Crippen LogP contribution in [0.4, 0.5) is 5.82 Å². The molecule has 1 aromatic rings. The molecule has 1 aliphatic carbocycles. The lowest BCUT2D eigenvalue weighted by Crippen LogP contribution is -2.08. The number of aromatic nitrogens is 1. The number of nitrogens with zero attached hydrogens (tertiary/aromatic N) is 1. The second kappa shape index (κ2) is 4.84. The van der Waals surface area contributed by atoms with Gasteiger partial charge in [0, 0.05) is 12.3 Å². The van der Waals surface area contributed by atoms with Gasteiger partial charge in [-0.25, -0.2) is 4.98 Å². The fourth-order valence-corrected chi connectivity index (χ4v) is 2.26. The Balaban J connectivity index is 1.94. The zero-order valence-corrected chi connectivity index (χ0v) is 10.2. The molecule has 15 heavy (non-hydrogen) atoms. The average Bonchev–Trinajstić information content (AvgIpc) is 2.72. The predicted octanol–water partition coefficient (Wildman–Crippen LogP) is 3.00. The van der Waals surface area contributed by atoms with Gasteiger partial charge in [0.25, 0.3) is 0 Å². The van der Waals surface area contributed by atoms with Gasteiger partial charge in [-0.1, -0.05) is 12.8 Å². The number of halogens is 1. The van der Waals surface area contributed by atoms with Crippen LogP contribution in [-0.2, 0) is 0 Å². The van der Waals surface area contributed by atoms with E-state index in [1.807, 2.05) is 0 Å². The molecule has 4 heteroatoms. The van der Waals surface area contributed by atoms with Gasteiger partial charge in [-0.15, -0.1) is 0 Å². The van der Waals surface area contributed by atoms with E-state index in [-0.39, 0.29) is 0 Å². The molecule has 1 heterocycles. The first kappa shape index (κ1) is 10.7. The molecule has 0 radical (unpaired) electrons. The Morgan fingerprint density at radius 3 is 2.93 bits per heavy atom. The van der Waals surface area contributed by atoms with Crippen LogP contribution in [0.5, 0.6) is 5.75 Å². The van der Waals surface area contributed by atoms with Gasteiger partial charge in [-0.05, 0) is 34.7 Å². The maximum Gasteiger partial charge on any atom is 0.138 e. The van der Waals surface area contributed by atoms with Crippen molar-refractivity contribution in [2.75, 3.05) is 12.3 Å². The number of hydrogen-bond donors (Lipinski definition) is 1. The van der Waals surface area contributed by atoms with E-state index in [2.05, 4.69) is 20.9 Å². The van der Waals surface area contributed by atoms with Crippen molar-refractivity contribution in [3.8, 4) is 5.75 Å². The first-order valence-electron chi connectivity index (χ1n) is 5.29. The minimum Gasteiger partial charge on any atom is -0.492 e. The van der Waals surface area contributed by atoms with Crippen molar-refractivity contribution in [1.82, 2.24) is 4.98 Å². The number of anilines is 1. The molecule has 3 nitrogen and oxygen atoms in total. The van der Waals surface area contributed by atoms with Crippen LogP contribution in [0.25, 0.3) is 0 Å². The highest BCUT2D eigenvalue weighted by atomic mass is 79.9. The summed E-state index contributed by atoms with van der Waals surface area (Å²) < 4.78 is 6.60. The Morgan fingerprint density at radius 1 is 1.47 bits per heavy atom. The fourth-order valence-electron chi connectivity index (χ4n) is 1.93. The molecule has 82 valence electrons. The fraction of sp³-hybridized carbons (Fsp3) is 0.545. The van der Waals surface area contributed by atoms with Crippen LogP contribution in [0, 0.1) is 5.92 Å². The Bertz CT molecular complexity index is 337. The number of rotatable bonds is 3. The Morgan fingerprint density at radius 2 is 2.20 bits per heavy atom. The van der Waals surface area contributed by atoms with E-state index in [0.717, 1.165) is 16.8 Å². The zero-order chi connectivity index (χ0) is 10.7. The molecule has 1 aliphatic rings. The second-order valence-electron chi connectivity index (χ2n) is 4.00. The lowest BCUT2D eigenvalue weighted by Gasteiger charge is -2.12. The summed E-state index contributed by atoms with van der Waals surface area (Å²) in [4.78, 5) is 3.97. The Hall–Kier alpha value is -0.770. The van der Waals surface area contributed by atoms with Crippen molar-refractivity contribution >= 4 is 21.7 Å². The van der Waals surface area contributed by atoms with Crippen molar-refractivity contribution in [2.45, 2.75) is 25.7 Å². The van der Waals surface area contributed by atoms with Crippen molar-refractivity contribution in [2.24, 2.45) is 5.92 Å². The molecule has 0 amide bonds. The van der Waals surface area contributed by atoms with Gasteiger partial charge in [0.05, 0.1) is 11.1 Å². The summed E-state index contributed by atoms with van der Waals surface area (Å²) >= 11 is 3.40. The first-order valence-corrected chi connectivity index (χ1v) is 6.09. The molecule has 0 aliphatic heterocycles. The Labute approximate surface area is 98.2 Å². The number of nitrogens with two attached hydrogens (primary N) is 1. The topological polar surface area (TPSA) is 48.1 Å². The third kappa shape index (κ3) is 2.84. The van der Waals surface area contributed by atoms with Crippen molar-refractivity contribution in [3.05, 3.63) is 16.7 Å². The molecule has 0 atom stereocenters. The van der Waals surface area contributed by atoms with Crippen molar-refractivity contribution in [1.29, 1.82) is 0 Å². The summed E-state index contributed by atoms with van der Waals surface area (Å²) in [6.07, 6.45) is 6.94. The van der Waals surface area contributed by atoms with E-state index < -0.39 is 0 Å². The van der Waals surface area contributed by atoms with E-state index in [4.69, 9.17) is 10.5 Å². The van der Waals surface area contributed by atoms with Gasteiger partial charge in [0.15, 0.2) is 0 Å². The zero-order valence-electron chi connectivity index (χ0n) is 8.58. The van der Waals surface area contributed by atoms with Gasteiger partial charge in [-0.2, -0.15) is 0 Å². The summed E-state index contributed by atoms with van der Waals surface area (Å²) in [6, 6.07) is 1.76. The maximum atomic E-state index is 5.73. The molecule has 2 N–H and O–H groups in total. The van der Waals surface area contributed by atoms with E-state index in [1.54, 1.807) is 12.3 Å². The van der Waals surface area contributed by atoms with Gasteiger partial charge < -0.3 is 10.5 Å². The number of nitrogen functional groups attached to an aromatic ring is 1. The van der Waals surface area contributed by atoms with E-state index in [0.29, 0.717) is 11.7 Å². The highest BCUT2D eigenvalue weighted by Crippen LogP contribution is 2.29. The highest BCUT2D eigenvalue weighted by molar-refractivity contribution is 9.10. The summed E-state index contributed by atoms with van der Waals surface area (Å²) in [7, 11) is 0. The average molecular weight is 271 g/mol. The molecular formula is C11H15BrN2O. The van der Waals surface area contributed by atoms with Crippen LogP contribution >= 0.6 is 15.9 Å². The van der Waals surface area contributed by atoms with Gasteiger partial charge >= 0.3 is 0 Å². The van der Waals surface area contributed by atoms with E-state index in [9.17, 15) is 0 Å². The van der Waals surface area contributed by atoms with Gasteiger partial charge in [0.2, 0.25) is 0 Å². The lowest BCUT2D eigenvalue weighted by molar-refractivity contribution is 0.250. The van der Waals surface area contributed by atoms with Crippen LogP contribution in [-0.4, -0.2) is 11.6 Å². The third-order valence-corrected chi connectivity index (χ3v) is 3.39. The largest absolute Gasteiger partial charge is 0.492 e. The van der Waals surface area contributed by atoms with Crippen molar-refractivity contribution < 1.29 is 4.74 Å². The monoisotopic (exact) mass is 270 g/mol. The lowest BCUT2D eigenvalue weighted by atomic mass is 10.1. The maximum absolute atomic E-state index is 5.73. The molecule has 0 bridgehead atoms. The number of hydrogen-bond acceptors (Lipinski definition) is 3. The van der Waals surface area contributed by atoms with Crippen LogP contribution in [0.1, 0.15) is 25.7 Å². The SMILES string of the molecule is Nc1cc(OCC2CCCC2)c(Br)cn1. The molecule has 1 fully saturated rings. The van der Waals surface area contributed by atoms with E-state index in [1.165, 1.54) is 25.7 Å². The Kier molecular flexibility index (Phi) is 3.46. The number of pyridine rings is 1. The number of ether oxygens (including phenoxy) is 1. The minimum atomic E-state index is 0.500. The molecule has 2 rings (SSSR count). The van der Waals surface area contributed by atoms with E-state index >= 15 is 0 Å². The quantitative estimate of drug-likeness (QED) is 0.919. The molecule has 1 saturated carbocycles. The first-order chi connectivity index (χ1) is 7.25. The van der Waals surface area contributed by atoms with Crippen LogP contribution in [0.2, 0.25) is 0 Å². The molecule has 0 aromatic carbocycles. The predicted molar refractivity (Wildman–Crippen MR) is 63.8 cm³/mol. The summed E-state index contributed by atoms with van der Waals surface area (Å²) in [5.74, 6) is 2.01. The summed E-state index contributed by atoms with van der Waals surface area (Å²) in [6.45, 7) is 0.794. The second-order valence-corrected chi connectivity index (χ2v) is 4.86. The standard InChI is InChI=1S/C11H15BrN2O/c12-9-6-14-11(13)5-10(9)15-7-8-3-1-2-4-8/h5-6,8H,1-4,7H2,(H2,13,14). The molecule has 1 aromatic heterocycles. The van der Waals surface area contributed by atoms with Crippen LogP contribution in [0.15, 0.2) is 16.7 Å². The smallest absolute Gasteiger partial charge is 0.138 e. The van der Waals surface area contributed by atoms with Crippen LogP contribution in [0.3, 0.4) is 0 Å². The normalized spacial score (nSPS) is 16.9. The van der Waals surface area contributed by atoms with Crippen LogP contribution < -0.4 is 10.5 Å². The summed E-state index contributed by atoms with van der Waals surface area (Å²) in [5.41, 5.74) is 5.60. The third-order valence-electron chi connectivity index (χ3n) is 2.79. The van der Waals surface area contributed by atoms with Crippen molar-refractivity contribution in [3.63, 3.8) is 0 Å². The highest BCUT2D eigenvalue weighted by Gasteiger charge is 2.16.